The maximum absolute atomic E-state index is 12.7. The van der Waals surface area contributed by atoms with E-state index in [9.17, 15) is 13.2 Å². The number of hydrogen-bond acceptors (Lipinski definition) is 4. The van der Waals surface area contributed by atoms with Crippen LogP contribution in [-0.4, -0.2) is 27.0 Å². The predicted molar refractivity (Wildman–Crippen MR) is 122 cm³/mol. The van der Waals surface area contributed by atoms with Gasteiger partial charge < -0.3 is 10.1 Å². The van der Waals surface area contributed by atoms with Crippen molar-refractivity contribution in [3.8, 4) is 5.75 Å². The summed E-state index contributed by atoms with van der Waals surface area (Å²) in [5, 5.41) is 3.73. The normalized spacial score (nSPS) is 14.9. The summed E-state index contributed by atoms with van der Waals surface area (Å²) in [5.41, 5.74) is 1.38. The van der Waals surface area contributed by atoms with E-state index in [0.717, 1.165) is 37.7 Å². The number of benzene rings is 2. The first-order valence-corrected chi connectivity index (χ1v) is 12.4. The van der Waals surface area contributed by atoms with Gasteiger partial charge in [-0.1, -0.05) is 48.5 Å². The molecule has 6 nitrogen and oxygen atoms in total. The van der Waals surface area contributed by atoms with E-state index in [-0.39, 0.29) is 30.0 Å². The molecule has 1 amide bonds. The van der Waals surface area contributed by atoms with Crippen LogP contribution < -0.4 is 14.8 Å². The first kappa shape index (κ1) is 23.9. The highest BCUT2D eigenvalue weighted by molar-refractivity contribution is 7.89. The minimum atomic E-state index is -3.58. The fourth-order valence-electron chi connectivity index (χ4n) is 3.51. The second kappa shape index (κ2) is 10.7. The summed E-state index contributed by atoms with van der Waals surface area (Å²) in [5.74, 6) is 0.136. The van der Waals surface area contributed by atoms with Gasteiger partial charge in [-0.25, -0.2) is 13.1 Å². The third kappa shape index (κ3) is 6.84. The molecule has 2 N–H and O–H groups in total. The van der Waals surface area contributed by atoms with Crippen LogP contribution in [0.15, 0.2) is 41.3 Å². The number of halogens is 2. The lowest BCUT2D eigenvalue weighted by atomic mass is 9.96. The number of rotatable bonds is 8. The fourth-order valence-corrected chi connectivity index (χ4v) is 5.38. The van der Waals surface area contributed by atoms with E-state index in [2.05, 4.69) is 10.0 Å². The van der Waals surface area contributed by atoms with Crippen LogP contribution in [-0.2, 0) is 21.4 Å². The van der Waals surface area contributed by atoms with Crippen molar-refractivity contribution in [2.24, 2.45) is 0 Å². The molecular weight excluding hydrogens is 459 g/mol. The lowest BCUT2D eigenvalue weighted by Gasteiger charge is -2.22. The summed E-state index contributed by atoms with van der Waals surface area (Å²) in [6.45, 7) is 1.81. The molecule has 1 aliphatic rings. The van der Waals surface area contributed by atoms with Crippen molar-refractivity contribution in [3.63, 3.8) is 0 Å². The van der Waals surface area contributed by atoms with E-state index in [0.29, 0.717) is 21.4 Å². The van der Waals surface area contributed by atoms with Gasteiger partial charge in [0.1, 0.15) is 5.75 Å². The predicted octanol–water partition coefficient (Wildman–Crippen LogP) is 4.61. The van der Waals surface area contributed by atoms with Crippen molar-refractivity contribution in [2.75, 3.05) is 6.61 Å². The van der Waals surface area contributed by atoms with Crippen LogP contribution in [0.25, 0.3) is 0 Å². The molecule has 0 bridgehead atoms. The number of carbonyl (C=O) groups is 1. The molecule has 9 heteroatoms. The maximum atomic E-state index is 12.7. The Morgan fingerprint density at radius 1 is 1.10 bits per heavy atom. The molecule has 0 saturated heterocycles. The highest BCUT2D eigenvalue weighted by atomic mass is 35.5. The van der Waals surface area contributed by atoms with E-state index in [1.165, 1.54) is 6.07 Å². The topological polar surface area (TPSA) is 84.5 Å². The van der Waals surface area contributed by atoms with Gasteiger partial charge in [0.2, 0.25) is 10.0 Å². The summed E-state index contributed by atoms with van der Waals surface area (Å²) in [6.07, 6.45) is 4.99. The lowest BCUT2D eigenvalue weighted by molar-refractivity contribution is -0.123. The molecule has 3 rings (SSSR count). The molecule has 0 spiro atoms. The number of nitrogens with one attached hydrogen (secondary N) is 2. The molecule has 0 radical (unpaired) electrons. The van der Waals surface area contributed by atoms with Gasteiger partial charge >= 0.3 is 0 Å². The summed E-state index contributed by atoms with van der Waals surface area (Å²) in [7, 11) is -3.58. The van der Waals surface area contributed by atoms with Gasteiger partial charge in [-0.15, -0.1) is 0 Å². The molecule has 0 aliphatic heterocycles. The van der Waals surface area contributed by atoms with Crippen LogP contribution in [0.4, 0.5) is 0 Å². The highest BCUT2D eigenvalue weighted by Crippen LogP contribution is 2.24. The summed E-state index contributed by atoms with van der Waals surface area (Å²) < 4.78 is 33.7. The molecule has 2 aromatic carbocycles. The Bertz CT molecular complexity index is 1040. The van der Waals surface area contributed by atoms with Crippen molar-refractivity contribution in [2.45, 2.75) is 56.5 Å². The van der Waals surface area contributed by atoms with E-state index in [1.54, 1.807) is 37.3 Å². The Balaban J connectivity index is 1.54. The number of sulfonamides is 1. The Hall–Kier alpha value is -1.80. The molecule has 168 valence electrons. The number of amides is 1. The first-order valence-electron chi connectivity index (χ1n) is 10.2. The molecule has 0 heterocycles. The fraction of sp³-hybridized carbons (Fsp3) is 0.409. The van der Waals surface area contributed by atoms with Crippen molar-refractivity contribution >= 4 is 39.1 Å². The molecule has 1 saturated carbocycles. The Kier molecular flexibility index (Phi) is 8.22. The van der Waals surface area contributed by atoms with Gasteiger partial charge in [0.05, 0.1) is 4.90 Å². The molecule has 0 unspecified atom stereocenters. The van der Waals surface area contributed by atoms with Crippen molar-refractivity contribution in [1.29, 1.82) is 0 Å². The SMILES string of the molecule is Cc1cc(S(=O)(=O)NC2CCCCC2)ccc1OCC(=O)NCc1ccc(Cl)cc1Cl. The van der Waals surface area contributed by atoms with Crippen LogP contribution in [0.1, 0.15) is 43.2 Å². The van der Waals surface area contributed by atoms with Gasteiger partial charge in [-0.2, -0.15) is 0 Å². The lowest BCUT2D eigenvalue weighted by Crippen LogP contribution is -2.36. The number of hydrogen-bond donors (Lipinski definition) is 2. The zero-order valence-electron chi connectivity index (χ0n) is 17.3. The van der Waals surface area contributed by atoms with E-state index in [4.69, 9.17) is 27.9 Å². The van der Waals surface area contributed by atoms with Crippen LogP contribution >= 0.6 is 23.2 Å². The number of aryl methyl sites for hydroxylation is 1. The highest BCUT2D eigenvalue weighted by Gasteiger charge is 2.22. The van der Waals surface area contributed by atoms with E-state index < -0.39 is 10.0 Å². The Labute approximate surface area is 193 Å². The maximum Gasteiger partial charge on any atom is 0.258 e. The number of ether oxygens (including phenoxy) is 1. The second-order valence-corrected chi connectivity index (χ2v) is 10.2. The molecule has 1 fully saturated rings. The van der Waals surface area contributed by atoms with Crippen molar-refractivity contribution in [3.05, 3.63) is 57.6 Å². The largest absolute Gasteiger partial charge is 0.484 e. The summed E-state index contributed by atoms with van der Waals surface area (Å²) >= 11 is 12.0. The smallest absolute Gasteiger partial charge is 0.258 e. The van der Waals surface area contributed by atoms with Gasteiger partial charge in [0, 0.05) is 22.6 Å². The third-order valence-electron chi connectivity index (χ3n) is 5.23. The van der Waals surface area contributed by atoms with E-state index >= 15 is 0 Å². The Morgan fingerprint density at radius 3 is 2.52 bits per heavy atom. The van der Waals surface area contributed by atoms with Crippen molar-refractivity contribution < 1.29 is 17.9 Å². The van der Waals surface area contributed by atoms with Crippen LogP contribution in [0.3, 0.4) is 0 Å². The van der Waals surface area contributed by atoms with E-state index in [1.807, 2.05) is 0 Å². The molecular formula is C22H26Cl2N2O4S. The van der Waals surface area contributed by atoms with Crippen molar-refractivity contribution in [1.82, 2.24) is 10.0 Å². The monoisotopic (exact) mass is 484 g/mol. The zero-order valence-corrected chi connectivity index (χ0v) is 19.6. The summed E-state index contributed by atoms with van der Waals surface area (Å²) in [4.78, 5) is 12.3. The van der Waals surface area contributed by atoms with Crippen LogP contribution in [0.5, 0.6) is 5.75 Å². The van der Waals surface area contributed by atoms with Gasteiger partial charge in [-0.05, 0) is 61.2 Å². The third-order valence-corrected chi connectivity index (χ3v) is 7.34. The average Bonchev–Trinajstić information content (AvgIpc) is 2.72. The molecule has 0 atom stereocenters. The molecule has 31 heavy (non-hydrogen) atoms. The number of carbonyl (C=O) groups excluding carboxylic acids is 1. The quantitative estimate of drug-likeness (QED) is 0.572. The second-order valence-electron chi connectivity index (χ2n) is 7.68. The van der Waals surface area contributed by atoms with Crippen LogP contribution in [0, 0.1) is 6.92 Å². The van der Waals surface area contributed by atoms with Gasteiger partial charge in [0.15, 0.2) is 6.61 Å². The zero-order chi connectivity index (χ0) is 22.4. The Morgan fingerprint density at radius 2 is 1.84 bits per heavy atom. The minimum absolute atomic E-state index is 0.00665. The molecule has 0 aromatic heterocycles. The standard InChI is InChI=1S/C22H26Cl2N2O4S/c1-15-11-19(31(28,29)26-18-5-3-2-4-6-18)9-10-21(15)30-14-22(27)25-13-16-7-8-17(23)12-20(16)24/h7-12,18,26H,2-6,13-14H2,1H3,(H,25,27). The summed E-state index contributed by atoms with van der Waals surface area (Å²) in [6, 6.07) is 9.69. The average molecular weight is 485 g/mol. The molecule has 2 aromatic rings. The molecule has 1 aliphatic carbocycles. The van der Waals surface area contributed by atoms with Gasteiger partial charge in [0.25, 0.3) is 5.91 Å². The van der Waals surface area contributed by atoms with Gasteiger partial charge in [-0.3, -0.25) is 4.79 Å². The first-order chi connectivity index (χ1) is 14.7. The van der Waals surface area contributed by atoms with Crippen LogP contribution in [0.2, 0.25) is 10.0 Å². The minimum Gasteiger partial charge on any atom is -0.484 e.